The van der Waals surface area contributed by atoms with E-state index in [-0.39, 0.29) is 18.1 Å². The first kappa shape index (κ1) is 15.3. The van der Waals surface area contributed by atoms with Crippen molar-refractivity contribution in [3.05, 3.63) is 0 Å². The van der Waals surface area contributed by atoms with Gasteiger partial charge in [0.05, 0.1) is 19.8 Å². The fourth-order valence-corrected chi connectivity index (χ4v) is 1.98. The van der Waals surface area contributed by atoms with Crippen LogP contribution in [-0.2, 0) is 14.3 Å². The fraction of sp³-hybridized carbons (Fsp3) is 0.818. The molecule has 1 aliphatic heterocycles. The molecule has 0 spiro atoms. The monoisotopic (exact) mass is 275 g/mol. The predicted octanol–water partition coefficient (Wildman–Crippen LogP) is -0.876. The van der Waals surface area contributed by atoms with Gasteiger partial charge in [-0.3, -0.25) is 9.69 Å². The predicted molar refractivity (Wildman–Crippen MR) is 72.4 cm³/mol. The second-order valence-corrected chi connectivity index (χ2v) is 4.89. The standard InChI is InChI=1S/C11H21N3O3S/c1-8(7-16-2)13-10(15)6-14-3-4-17-9(5-14)11(12)18/h8-9H,3-7H2,1-2H3,(H2,12,18)(H,13,15). The molecule has 0 saturated carbocycles. The van der Waals surface area contributed by atoms with Gasteiger partial charge in [-0.25, -0.2) is 0 Å². The Morgan fingerprint density at radius 3 is 3.06 bits per heavy atom. The number of carbonyl (C=O) groups excluding carboxylic acids is 1. The number of ether oxygens (including phenoxy) is 2. The first-order valence-corrected chi connectivity index (χ1v) is 6.35. The number of rotatable bonds is 6. The molecule has 1 fully saturated rings. The van der Waals surface area contributed by atoms with Crippen molar-refractivity contribution >= 4 is 23.1 Å². The molecule has 2 atom stereocenters. The maximum atomic E-state index is 11.8. The second kappa shape index (κ2) is 7.63. The van der Waals surface area contributed by atoms with Crippen molar-refractivity contribution in [2.24, 2.45) is 5.73 Å². The number of amides is 1. The van der Waals surface area contributed by atoms with Crippen LogP contribution in [0.25, 0.3) is 0 Å². The SMILES string of the molecule is COCC(C)NC(=O)CN1CCOC(C(N)=S)C1. The van der Waals surface area contributed by atoms with Crippen LogP contribution in [0.1, 0.15) is 6.92 Å². The van der Waals surface area contributed by atoms with Crippen LogP contribution in [0, 0.1) is 0 Å². The van der Waals surface area contributed by atoms with Gasteiger partial charge < -0.3 is 20.5 Å². The average molecular weight is 275 g/mol. The van der Waals surface area contributed by atoms with Crippen LogP contribution in [0.5, 0.6) is 0 Å². The molecule has 0 aromatic heterocycles. The number of carbonyl (C=O) groups is 1. The van der Waals surface area contributed by atoms with Crippen molar-refractivity contribution in [3.8, 4) is 0 Å². The molecule has 1 aliphatic rings. The third-order valence-corrected chi connectivity index (χ3v) is 2.92. The molecule has 1 saturated heterocycles. The van der Waals surface area contributed by atoms with Gasteiger partial charge in [0.25, 0.3) is 0 Å². The molecule has 3 N–H and O–H groups in total. The van der Waals surface area contributed by atoms with Crippen LogP contribution in [0.2, 0.25) is 0 Å². The Morgan fingerprint density at radius 2 is 2.44 bits per heavy atom. The smallest absolute Gasteiger partial charge is 0.234 e. The van der Waals surface area contributed by atoms with E-state index in [9.17, 15) is 4.79 Å². The van der Waals surface area contributed by atoms with Crippen molar-refractivity contribution in [1.29, 1.82) is 0 Å². The zero-order chi connectivity index (χ0) is 13.5. The summed E-state index contributed by atoms with van der Waals surface area (Å²) in [6.07, 6.45) is -0.252. The highest BCUT2D eigenvalue weighted by Gasteiger charge is 2.24. The lowest BCUT2D eigenvalue weighted by atomic mass is 10.2. The second-order valence-electron chi connectivity index (χ2n) is 4.42. The van der Waals surface area contributed by atoms with E-state index in [1.54, 1.807) is 7.11 Å². The van der Waals surface area contributed by atoms with E-state index in [1.165, 1.54) is 0 Å². The van der Waals surface area contributed by atoms with Crippen molar-refractivity contribution in [3.63, 3.8) is 0 Å². The van der Waals surface area contributed by atoms with Gasteiger partial charge in [-0.1, -0.05) is 12.2 Å². The minimum Gasteiger partial charge on any atom is -0.391 e. The molecule has 104 valence electrons. The molecule has 0 aromatic carbocycles. The third kappa shape index (κ3) is 5.26. The van der Waals surface area contributed by atoms with Crippen molar-refractivity contribution in [1.82, 2.24) is 10.2 Å². The van der Waals surface area contributed by atoms with Gasteiger partial charge in [0.15, 0.2) is 0 Å². The normalized spacial score (nSPS) is 22.4. The number of nitrogens with one attached hydrogen (secondary N) is 1. The van der Waals surface area contributed by atoms with E-state index >= 15 is 0 Å². The Bertz CT molecular complexity index is 301. The highest BCUT2D eigenvalue weighted by atomic mass is 32.1. The molecule has 0 radical (unpaired) electrons. The highest BCUT2D eigenvalue weighted by molar-refractivity contribution is 7.80. The zero-order valence-corrected chi connectivity index (χ0v) is 11.7. The molecule has 7 heteroatoms. The van der Waals surface area contributed by atoms with Gasteiger partial charge in [0, 0.05) is 26.2 Å². The summed E-state index contributed by atoms with van der Waals surface area (Å²) in [6, 6.07) is 0.00919. The Balaban J connectivity index is 2.33. The van der Waals surface area contributed by atoms with E-state index in [4.69, 9.17) is 27.4 Å². The summed E-state index contributed by atoms with van der Waals surface area (Å²) in [5, 5.41) is 2.86. The highest BCUT2D eigenvalue weighted by Crippen LogP contribution is 2.05. The van der Waals surface area contributed by atoms with Crippen LogP contribution in [0.3, 0.4) is 0 Å². The van der Waals surface area contributed by atoms with Crippen molar-refractivity contribution < 1.29 is 14.3 Å². The van der Waals surface area contributed by atoms with Gasteiger partial charge in [0.1, 0.15) is 11.1 Å². The third-order valence-electron chi connectivity index (χ3n) is 2.66. The van der Waals surface area contributed by atoms with E-state index in [0.717, 1.165) is 0 Å². The number of morpholine rings is 1. The first-order chi connectivity index (χ1) is 8.52. The maximum Gasteiger partial charge on any atom is 0.234 e. The Labute approximate surface area is 113 Å². The number of hydrogen-bond acceptors (Lipinski definition) is 5. The van der Waals surface area contributed by atoms with Crippen LogP contribution in [0.15, 0.2) is 0 Å². The van der Waals surface area contributed by atoms with E-state index in [0.29, 0.717) is 37.8 Å². The quantitative estimate of drug-likeness (QED) is 0.613. The van der Waals surface area contributed by atoms with Gasteiger partial charge in [-0.15, -0.1) is 0 Å². The Kier molecular flexibility index (Phi) is 6.48. The number of methoxy groups -OCH3 is 1. The molecular formula is C11H21N3O3S. The zero-order valence-electron chi connectivity index (χ0n) is 10.8. The summed E-state index contributed by atoms with van der Waals surface area (Å²) >= 11 is 4.90. The average Bonchev–Trinajstić information content (AvgIpc) is 2.29. The van der Waals surface area contributed by atoms with Gasteiger partial charge in [0.2, 0.25) is 5.91 Å². The van der Waals surface area contributed by atoms with E-state index < -0.39 is 0 Å². The summed E-state index contributed by atoms with van der Waals surface area (Å²) in [4.78, 5) is 14.1. The molecule has 0 aromatic rings. The van der Waals surface area contributed by atoms with E-state index in [2.05, 4.69) is 5.32 Å². The summed E-state index contributed by atoms with van der Waals surface area (Å²) < 4.78 is 10.4. The first-order valence-electron chi connectivity index (χ1n) is 5.94. The van der Waals surface area contributed by atoms with Crippen LogP contribution < -0.4 is 11.1 Å². The molecule has 1 rings (SSSR count). The van der Waals surface area contributed by atoms with Crippen LogP contribution >= 0.6 is 12.2 Å². The fourth-order valence-electron chi connectivity index (χ4n) is 1.83. The molecule has 6 nitrogen and oxygen atoms in total. The minimum absolute atomic E-state index is 0.00919. The van der Waals surface area contributed by atoms with Crippen LogP contribution in [0.4, 0.5) is 0 Å². The summed E-state index contributed by atoms with van der Waals surface area (Å²) in [5.41, 5.74) is 5.54. The summed E-state index contributed by atoms with van der Waals surface area (Å²) in [5.74, 6) is -0.0249. The Hall–Kier alpha value is -0.760. The lowest BCUT2D eigenvalue weighted by Crippen LogP contribution is -2.51. The maximum absolute atomic E-state index is 11.8. The number of nitrogens with two attached hydrogens (primary N) is 1. The molecule has 1 heterocycles. The molecule has 0 bridgehead atoms. The van der Waals surface area contributed by atoms with Gasteiger partial charge >= 0.3 is 0 Å². The minimum atomic E-state index is -0.252. The number of thiocarbonyl (C=S) groups is 1. The van der Waals surface area contributed by atoms with Gasteiger partial charge in [-0.2, -0.15) is 0 Å². The largest absolute Gasteiger partial charge is 0.391 e. The molecular weight excluding hydrogens is 254 g/mol. The molecule has 1 amide bonds. The van der Waals surface area contributed by atoms with Crippen LogP contribution in [-0.4, -0.2) is 67.9 Å². The topological polar surface area (TPSA) is 76.8 Å². The number of nitrogens with zero attached hydrogens (tertiary/aromatic N) is 1. The van der Waals surface area contributed by atoms with Crippen molar-refractivity contribution in [2.75, 3.05) is 40.0 Å². The van der Waals surface area contributed by atoms with E-state index in [1.807, 2.05) is 11.8 Å². The lowest BCUT2D eigenvalue weighted by molar-refractivity contribution is -0.124. The molecule has 2 unspecified atom stereocenters. The summed E-state index contributed by atoms with van der Waals surface area (Å²) in [7, 11) is 1.61. The lowest BCUT2D eigenvalue weighted by Gasteiger charge is -2.32. The van der Waals surface area contributed by atoms with Crippen molar-refractivity contribution in [2.45, 2.75) is 19.1 Å². The molecule has 18 heavy (non-hydrogen) atoms. The molecule has 0 aliphatic carbocycles. The Morgan fingerprint density at radius 1 is 1.72 bits per heavy atom. The van der Waals surface area contributed by atoms with Gasteiger partial charge in [-0.05, 0) is 6.92 Å². The number of hydrogen-bond donors (Lipinski definition) is 2. The summed E-state index contributed by atoms with van der Waals surface area (Å²) in [6.45, 7) is 4.56.